The van der Waals surface area contributed by atoms with Crippen LogP contribution in [0.15, 0.2) is 36.4 Å². The van der Waals surface area contributed by atoms with E-state index in [0.717, 1.165) is 11.6 Å². The first-order chi connectivity index (χ1) is 13.1. The lowest BCUT2D eigenvalue weighted by atomic mass is 10.0. The van der Waals surface area contributed by atoms with E-state index in [1.807, 2.05) is 0 Å². The maximum absolute atomic E-state index is 12.7. The van der Waals surface area contributed by atoms with Crippen LogP contribution in [0.3, 0.4) is 0 Å². The van der Waals surface area contributed by atoms with E-state index < -0.39 is 22.8 Å². The van der Waals surface area contributed by atoms with Crippen LogP contribution in [0.25, 0.3) is 0 Å². The van der Waals surface area contributed by atoms with Crippen molar-refractivity contribution in [1.82, 2.24) is 5.32 Å². The Kier molecular flexibility index (Phi) is 6.99. The Hall–Kier alpha value is -2.64. The number of nitrogens with zero attached hydrogens (tertiary/aromatic N) is 1. The number of hydrogen-bond donors (Lipinski definition) is 2. The van der Waals surface area contributed by atoms with Gasteiger partial charge in [0.05, 0.1) is 15.5 Å². The topological polar surface area (TPSA) is 101 Å². The normalized spacial score (nSPS) is 11.8. The van der Waals surface area contributed by atoms with E-state index in [2.05, 4.69) is 10.6 Å². The Bertz CT molecular complexity index is 931. The van der Waals surface area contributed by atoms with Gasteiger partial charge in [-0.05, 0) is 42.7 Å². The van der Waals surface area contributed by atoms with E-state index in [-0.39, 0.29) is 22.2 Å². The van der Waals surface area contributed by atoms with Gasteiger partial charge in [0.2, 0.25) is 5.91 Å². The Morgan fingerprint density at radius 1 is 1.11 bits per heavy atom. The van der Waals surface area contributed by atoms with Crippen molar-refractivity contribution in [3.63, 3.8) is 0 Å². The van der Waals surface area contributed by atoms with Gasteiger partial charge in [-0.25, -0.2) is 0 Å². The first-order valence-electron chi connectivity index (χ1n) is 8.42. The fourth-order valence-electron chi connectivity index (χ4n) is 2.53. The Balaban J connectivity index is 2.19. The van der Waals surface area contributed by atoms with Crippen LogP contribution in [0.5, 0.6) is 0 Å². The van der Waals surface area contributed by atoms with Crippen molar-refractivity contribution >= 4 is 46.4 Å². The standard InChI is InChI=1S/C19H19Cl2N3O4/c1-10(2)17(19(26)22-16-7-4-12(20)8-11(16)3)23-18(25)14-6-5-13(24(27)28)9-15(14)21/h4-10,17H,1-3H3,(H,22,26)(H,23,25). The number of non-ortho nitro benzene ring substituents is 1. The Morgan fingerprint density at radius 3 is 2.32 bits per heavy atom. The predicted molar refractivity (Wildman–Crippen MR) is 109 cm³/mol. The Labute approximate surface area is 172 Å². The van der Waals surface area contributed by atoms with Crippen LogP contribution in [0.4, 0.5) is 11.4 Å². The molecule has 0 aliphatic rings. The number of nitro benzene ring substituents is 1. The van der Waals surface area contributed by atoms with Gasteiger partial charge in [-0.2, -0.15) is 0 Å². The molecule has 0 bridgehead atoms. The molecule has 2 rings (SSSR count). The number of hydrogen-bond acceptors (Lipinski definition) is 4. The number of rotatable bonds is 6. The minimum atomic E-state index is -0.839. The lowest BCUT2D eigenvalue weighted by molar-refractivity contribution is -0.384. The molecule has 1 atom stereocenters. The highest BCUT2D eigenvalue weighted by molar-refractivity contribution is 6.34. The van der Waals surface area contributed by atoms with Gasteiger partial charge >= 0.3 is 0 Å². The van der Waals surface area contributed by atoms with Crippen LogP contribution in [0.2, 0.25) is 10.0 Å². The second-order valence-corrected chi connectivity index (χ2v) is 7.41. The van der Waals surface area contributed by atoms with E-state index in [9.17, 15) is 19.7 Å². The average molecular weight is 424 g/mol. The van der Waals surface area contributed by atoms with Crippen LogP contribution in [-0.4, -0.2) is 22.8 Å². The van der Waals surface area contributed by atoms with Gasteiger partial charge in [0.1, 0.15) is 6.04 Å². The minimum absolute atomic E-state index is 0.0494. The van der Waals surface area contributed by atoms with Crippen molar-refractivity contribution in [3.05, 3.63) is 67.7 Å². The third-order valence-corrected chi connectivity index (χ3v) is 4.64. The SMILES string of the molecule is Cc1cc(Cl)ccc1NC(=O)C(NC(=O)c1ccc([N+](=O)[O-])cc1Cl)C(C)C. The van der Waals surface area contributed by atoms with Crippen LogP contribution in [-0.2, 0) is 4.79 Å². The first kappa shape index (κ1) is 21.7. The van der Waals surface area contributed by atoms with Crippen LogP contribution < -0.4 is 10.6 Å². The molecule has 7 nitrogen and oxygen atoms in total. The Morgan fingerprint density at radius 2 is 1.79 bits per heavy atom. The van der Waals surface area contributed by atoms with Crippen molar-refractivity contribution < 1.29 is 14.5 Å². The summed E-state index contributed by atoms with van der Waals surface area (Å²) in [7, 11) is 0. The third kappa shape index (κ3) is 5.21. The highest BCUT2D eigenvalue weighted by Crippen LogP contribution is 2.23. The minimum Gasteiger partial charge on any atom is -0.340 e. The number of anilines is 1. The number of carbonyl (C=O) groups excluding carboxylic acids is 2. The van der Waals surface area contributed by atoms with Crippen molar-refractivity contribution in [3.8, 4) is 0 Å². The van der Waals surface area contributed by atoms with Crippen molar-refractivity contribution in [2.75, 3.05) is 5.32 Å². The monoisotopic (exact) mass is 423 g/mol. The molecule has 0 radical (unpaired) electrons. The summed E-state index contributed by atoms with van der Waals surface area (Å²) in [5, 5.41) is 16.7. The van der Waals surface area contributed by atoms with E-state index >= 15 is 0 Å². The summed E-state index contributed by atoms with van der Waals surface area (Å²) in [6.07, 6.45) is 0. The molecule has 9 heteroatoms. The smallest absolute Gasteiger partial charge is 0.270 e. The summed E-state index contributed by atoms with van der Waals surface area (Å²) >= 11 is 11.9. The predicted octanol–water partition coefficient (Wildman–Crippen LogP) is 4.60. The highest BCUT2D eigenvalue weighted by atomic mass is 35.5. The number of carbonyl (C=O) groups is 2. The summed E-state index contributed by atoms with van der Waals surface area (Å²) < 4.78 is 0. The molecular formula is C19H19Cl2N3O4. The number of halogens is 2. The second-order valence-electron chi connectivity index (χ2n) is 6.56. The van der Waals surface area contributed by atoms with Gasteiger partial charge in [-0.1, -0.05) is 37.0 Å². The van der Waals surface area contributed by atoms with Gasteiger partial charge in [-0.15, -0.1) is 0 Å². The molecule has 0 spiro atoms. The number of nitrogens with one attached hydrogen (secondary N) is 2. The fourth-order valence-corrected chi connectivity index (χ4v) is 3.02. The maximum atomic E-state index is 12.7. The van der Waals surface area contributed by atoms with Crippen LogP contribution in [0, 0.1) is 23.0 Å². The van der Waals surface area contributed by atoms with Crippen molar-refractivity contribution in [1.29, 1.82) is 0 Å². The molecule has 0 aliphatic heterocycles. The molecule has 148 valence electrons. The zero-order valence-electron chi connectivity index (χ0n) is 15.5. The van der Waals surface area contributed by atoms with Crippen molar-refractivity contribution in [2.45, 2.75) is 26.8 Å². The molecular weight excluding hydrogens is 405 g/mol. The molecule has 0 saturated carbocycles. The molecule has 28 heavy (non-hydrogen) atoms. The maximum Gasteiger partial charge on any atom is 0.270 e. The number of benzene rings is 2. The number of nitro groups is 1. The van der Waals surface area contributed by atoms with E-state index in [4.69, 9.17) is 23.2 Å². The molecule has 2 amide bonds. The molecule has 2 aromatic carbocycles. The van der Waals surface area contributed by atoms with E-state index in [1.54, 1.807) is 39.0 Å². The molecule has 0 saturated heterocycles. The molecule has 0 fully saturated rings. The molecule has 0 aromatic heterocycles. The largest absolute Gasteiger partial charge is 0.340 e. The second kappa shape index (κ2) is 9.03. The number of aryl methyl sites for hydroxylation is 1. The van der Waals surface area contributed by atoms with Gasteiger partial charge in [0, 0.05) is 22.8 Å². The molecule has 0 aliphatic carbocycles. The van der Waals surface area contributed by atoms with Crippen LogP contribution in [0.1, 0.15) is 29.8 Å². The summed E-state index contributed by atoms with van der Waals surface area (Å²) in [6.45, 7) is 5.38. The average Bonchev–Trinajstić information content (AvgIpc) is 2.61. The zero-order valence-corrected chi connectivity index (χ0v) is 17.0. The quantitative estimate of drug-likeness (QED) is 0.523. The highest BCUT2D eigenvalue weighted by Gasteiger charge is 2.26. The summed E-state index contributed by atoms with van der Waals surface area (Å²) in [6, 6.07) is 7.76. The summed E-state index contributed by atoms with van der Waals surface area (Å²) in [4.78, 5) is 35.5. The van der Waals surface area contributed by atoms with E-state index in [0.29, 0.717) is 10.7 Å². The van der Waals surface area contributed by atoms with Gasteiger partial charge < -0.3 is 10.6 Å². The molecule has 2 aromatic rings. The lowest BCUT2D eigenvalue weighted by Gasteiger charge is -2.22. The van der Waals surface area contributed by atoms with Crippen LogP contribution >= 0.6 is 23.2 Å². The lowest BCUT2D eigenvalue weighted by Crippen LogP contribution is -2.47. The first-order valence-corrected chi connectivity index (χ1v) is 9.17. The summed E-state index contributed by atoms with van der Waals surface area (Å²) in [5.74, 6) is -1.21. The molecule has 2 N–H and O–H groups in total. The number of amides is 2. The van der Waals surface area contributed by atoms with Gasteiger partial charge in [0.25, 0.3) is 11.6 Å². The fraction of sp³-hybridized carbons (Fsp3) is 0.263. The van der Waals surface area contributed by atoms with Crippen molar-refractivity contribution in [2.24, 2.45) is 5.92 Å². The van der Waals surface area contributed by atoms with Gasteiger partial charge in [0.15, 0.2) is 0 Å². The summed E-state index contributed by atoms with van der Waals surface area (Å²) in [5.41, 5.74) is 1.20. The van der Waals surface area contributed by atoms with Gasteiger partial charge in [-0.3, -0.25) is 19.7 Å². The third-order valence-electron chi connectivity index (χ3n) is 4.09. The van der Waals surface area contributed by atoms with E-state index in [1.165, 1.54) is 12.1 Å². The molecule has 0 heterocycles. The zero-order chi connectivity index (χ0) is 21.0. The molecule has 1 unspecified atom stereocenters.